The van der Waals surface area contributed by atoms with Crippen LogP contribution in [0.1, 0.15) is 6.92 Å². The van der Waals surface area contributed by atoms with Gasteiger partial charge in [-0.15, -0.1) is 0 Å². The van der Waals surface area contributed by atoms with Gasteiger partial charge >= 0.3 is 0 Å². The SMILES string of the molecule is CC1N=C(C2CN(C)CCN2C)NC1=O. The summed E-state index contributed by atoms with van der Waals surface area (Å²) in [5.74, 6) is 0.855. The van der Waals surface area contributed by atoms with E-state index in [0.29, 0.717) is 0 Å². The maximum absolute atomic E-state index is 11.4. The number of nitrogens with one attached hydrogen (secondary N) is 1. The molecule has 0 bridgehead atoms. The zero-order valence-electron chi connectivity index (χ0n) is 9.53. The maximum Gasteiger partial charge on any atom is 0.249 e. The standard InChI is InChI=1S/C10H18N4O/c1-7-10(15)12-9(11-7)8-6-13(2)4-5-14(8)3/h7-8H,4-6H2,1-3H3,(H,11,12,15). The summed E-state index contributed by atoms with van der Waals surface area (Å²) in [4.78, 5) is 20.2. The Morgan fingerprint density at radius 3 is 2.73 bits per heavy atom. The van der Waals surface area contributed by atoms with Crippen LogP contribution in [0, 0.1) is 0 Å². The van der Waals surface area contributed by atoms with Gasteiger partial charge in [-0.3, -0.25) is 14.7 Å². The Kier molecular flexibility index (Phi) is 2.75. The van der Waals surface area contributed by atoms with Crippen molar-refractivity contribution >= 4 is 11.7 Å². The van der Waals surface area contributed by atoms with Crippen LogP contribution in [-0.2, 0) is 4.79 Å². The number of aliphatic imine (C=N–C) groups is 1. The molecule has 2 unspecified atom stereocenters. The van der Waals surface area contributed by atoms with Gasteiger partial charge in [0.15, 0.2) is 0 Å². The highest BCUT2D eigenvalue weighted by atomic mass is 16.2. The largest absolute Gasteiger partial charge is 0.311 e. The predicted molar refractivity (Wildman–Crippen MR) is 59.0 cm³/mol. The van der Waals surface area contributed by atoms with Crippen molar-refractivity contribution in [2.45, 2.75) is 19.0 Å². The van der Waals surface area contributed by atoms with Gasteiger partial charge < -0.3 is 10.2 Å². The molecular formula is C10H18N4O. The van der Waals surface area contributed by atoms with Gasteiger partial charge in [0.1, 0.15) is 11.9 Å². The summed E-state index contributed by atoms with van der Waals surface area (Å²) in [5, 5.41) is 2.87. The number of piperazine rings is 1. The molecule has 0 aliphatic carbocycles. The number of carbonyl (C=O) groups is 1. The highest BCUT2D eigenvalue weighted by Gasteiger charge is 2.32. The van der Waals surface area contributed by atoms with Crippen LogP contribution >= 0.6 is 0 Å². The molecule has 0 spiro atoms. The predicted octanol–water partition coefficient (Wildman–Crippen LogP) is -0.851. The molecule has 0 saturated carbocycles. The Morgan fingerprint density at radius 1 is 1.40 bits per heavy atom. The molecule has 2 aliphatic rings. The normalized spacial score (nSPS) is 34.1. The molecule has 2 atom stereocenters. The van der Waals surface area contributed by atoms with E-state index in [1.54, 1.807) is 0 Å². The van der Waals surface area contributed by atoms with Gasteiger partial charge in [0.25, 0.3) is 0 Å². The van der Waals surface area contributed by atoms with Gasteiger partial charge in [0.05, 0.1) is 6.04 Å². The van der Waals surface area contributed by atoms with E-state index < -0.39 is 0 Å². The lowest BCUT2D eigenvalue weighted by Crippen LogP contribution is -2.56. The minimum Gasteiger partial charge on any atom is -0.311 e. The molecular weight excluding hydrogens is 192 g/mol. The summed E-state index contributed by atoms with van der Waals surface area (Å²) in [5.41, 5.74) is 0. The van der Waals surface area contributed by atoms with Gasteiger partial charge in [-0.1, -0.05) is 0 Å². The molecule has 1 amide bonds. The topological polar surface area (TPSA) is 47.9 Å². The lowest BCUT2D eigenvalue weighted by atomic mass is 10.1. The van der Waals surface area contributed by atoms with Crippen molar-refractivity contribution in [1.82, 2.24) is 15.1 Å². The molecule has 0 aromatic carbocycles. The summed E-state index contributed by atoms with van der Waals surface area (Å²) in [6, 6.07) is 0.0123. The molecule has 84 valence electrons. The molecule has 1 saturated heterocycles. The summed E-state index contributed by atoms with van der Waals surface area (Å²) in [6.07, 6.45) is 0. The van der Waals surface area contributed by atoms with Crippen molar-refractivity contribution in [3.8, 4) is 0 Å². The van der Waals surface area contributed by atoms with Crippen molar-refractivity contribution in [2.75, 3.05) is 33.7 Å². The van der Waals surface area contributed by atoms with E-state index in [-0.39, 0.29) is 18.0 Å². The molecule has 1 fully saturated rings. The average molecular weight is 210 g/mol. The summed E-state index contributed by atoms with van der Waals surface area (Å²) in [7, 11) is 4.18. The van der Waals surface area contributed by atoms with E-state index in [1.807, 2.05) is 6.92 Å². The molecule has 2 aliphatic heterocycles. The van der Waals surface area contributed by atoms with Gasteiger partial charge in [0, 0.05) is 19.6 Å². The Morgan fingerprint density at radius 2 is 2.13 bits per heavy atom. The Bertz CT molecular complexity index is 302. The Balaban J connectivity index is 2.09. The van der Waals surface area contributed by atoms with E-state index in [2.05, 4.69) is 34.2 Å². The summed E-state index contributed by atoms with van der Waals surface area (Å²) >= 11 is 0. The van der Waals surface area contributed by atoms with Crippen LogP contribution in [-0.4, -0.2) is 67.4 Å². The molecule has 2 rings (SSSR count). The molecule has 2 heterocycles. The highest BCUT2D eigenvalue weighted by Crippen LogP contribution is 2.11. The third kappa shape index (κ3) is 2.03. The summed E-state index contributed by atoms with van der Waals surface area (Å²) in [6.45, 7) is 4.85. The van der Waals surface area contributed by atoms with Crippen LogP contribution < -0.4 is 5.32 Å². The quantitative estimate of drug-likeness (QED) is 0.613. The molecule has 15 heavy (non-hydrogen) atoms. The molecule has 5 nitrogen and oxygen atoms in total. The first-order chi connectivity index (χ1) is 7.08. The van der Waals surface area contributed by atoms with Crippen LogP contribution in [0.25, 0.3) is 0 Å². The van der Waals surface area contributed by atoms with Gasteiger partial charge in [-0.2, -0.15) is 0 Å². The third-order valence-corrected chi connectivity index (χ3v) is 3.13. The smallest absolute Gasteiger partial charge is 0.249 e. The van der Waals surface area contributed by atoms with Crippen molar-refractivity contribution in [1.29, 1.82) is 0 Å². The van der Waals surface area contributed by atoms with Crippen molar-refractivity contribution in [3.05, 3.63) is 0 Å². The molecule has 0 radical (unpaired) electrons. The lowest BCUT2D eigenvalue weighted by molar-refractivity contribution is -0.119. The van der Waals surface area contributed by atoms with Crippen LogP contribution in [0.4, 0.5) is 0 Å². The molecule has 0 aromatic rings. The zero-order valence-corrected chi connectivity index (χ0v) is 9.53. The Labute approximate surface area is 90.1 Å². The minimum absolute atomic E-state index is 0.0200. The van der Waals surface area contributed by atoms with Gasteiger partial charge in [-0.05, 0) is 21.0 Å². The first-order valence-electron chi connectivity index (χ1n) is 5.35. The number of rotatable bonds is 1. The van der Waals surface area contributed by atoms with Crippen LogP contribution in [0.3, 0.4) is 0 Å². The number of amides is 1. The summed E-state index contributed by atoms with van der Waals surface area (Å²) < 4.78 is 0. The first kappa shape index (κ1) is 10.6. The van der Waals surface area contributed by atoms with E-state index in [0.717, 1.165) is 25.5 Å². The van der Waals surface area contributed by atoms with E-state index in [4.69, 9.17) is 0 Å². The van der Waals surface area contributed by atoms with Crippen molar-refractivity contribution in [3.63, 3.8) is 0 Å². The van der Waals surface area contributed by atoms with Crippen LogP contribution in [0.5, 0.6) is 0 Å². The molecule has 1 N–H and O–H groups in total. The number of hydrogen-bond donors (Lipinski definition) is 1. The minimum atomic E-state index is -0.222. The Hall–Kier alpha value is -0.940. The van der Waals surface area contributed by atoms with E-state index >= 15 is 0 Å². The third-order valence-electron chi connectivity index (χ3n) is 3.13. The fraction of sp³-hybridized carbons (Fsp3) is 0.800. The second-order valence-electron chi connectivity index (χ2n) is 4.44. The molecule has 5 heteroatoms. The second-order valence-corrected chi connectivity index (χ2v) is 4.44. The van der Waals surface area contributed by atoms with Gasteiger partial charge in [-0.25, -0.2) is 0 Å². The van der Waals surface area contributed by atoms with Gasteiger partial charge in [0.2, 0.25) is 5.91 Å². The van der Waals surface area contributed by atoms with E-state index in [9.17, 15) is 4.79 Å². The number of carbonyl (C=O) groups excluding carboxylic acids is 1. The lowest BCUT2D eigenvalue weighted by Gasteiger charge is -2.37. The second kappa shape index (κ2) is 3.90. The number of likely N-dealkylation sites (N-methyl/N-ethyl adjacent to an activating group) is 2. The van der Waals surface area contributed by atoms with E-state index in [1.165, 1.54) is 0 Å². The fourth-order valence-corrected chi connectivity index (χ4v) is 2.00. The zero-order chi connectivity index (χ0) is 11.0. The number of amidine groups is 1. The van der Waals surface area contributed by atoms with Crippen LogP contribution in [0.2, 0.25) is 0 Å². The monoisotopic (exact) mass is 210 g/mol. The first-order valence-corrected chi connectivity index (χ1v) is 5.35. The number of nitrogens with zero attached hydrogens (tertiary/aromatic N) is 3. The van der Waals surface area contributed by atoms with Crippen molar-refractivity contribution < 1.29 is 4.79 Å². The van der Waals surface area contributed by atoms with Crippen molar-refractivity contribution in [2.24, 2.45) is 4.99 Å². The average Bonchev–Trinajstić information content (AvgIpc) is 2.51. The number of hydrogen-bond acceptors (Lipinski definition) is 4. The highest BCUT2D eigenvalue weighted by molar-refractivity contribution is 6.07. The maximum atomic E-state index is 11.4. The fourth-order valence-electron chi connectivity index (χ4n) is 2.00. The van der Waals surface area contributed by atoms with Crippen LogP contribution in [0.15, 0.2) is 4.99 Å². The molecule has 0 aromatic heterocycles.